The summed E-state index contributed by atoms with van der Waals surface area (Å²) in [6.07, 6.45) is 1.96. The highest BCUT2D eigenvalue weighted by Gasteiger charge is 2.23. The van der Waals surface area contributed by atoms with Crippen molar-refractivity contribution in [3.63, 3.8) is 0 Å². The first-order valence-corrected chi connectivity index (χ1v) is 6.17. The predicted molar refractivity (Wildman–Crippen MR) is 45.4 cm³/mol. The largest absolute Gasteiger partial charge is 0.353 e. The Morgan fingerprint density at radius 1 is 1.50 bits per heavy atom. The Bertz CT molecular complexity index is 271. The van der Waals surface area contributed by atoms with Crippen LogP contribution in [-0.4, -0.2) is 26.1 Å². The van der Waals surface area contributed by atoms with E-state index in [9.17, 15) is 13.2 Å². The van der Waals surface area contributed by atoms with Crippen LogP contribution in [0.1, 0.15) is 19.3 Å². The van der Waals surface area contributed by atoms with Gasteiger partial charge in [0.05, 0.1) is 5.75 Å². The molecule has 0 spiro atoms. The fourth-order valence-electron chi connectivity index (χ4n) is 0.742. The summed E-state index contributed by atoms with van der Waals surface area (Å²) in [6, 6.07) is 0.274. The van der Waals surface area contributed by atoms with E-state index in [4.69, 9.17) is 10.7 Å². The monoisotopic (exact) mass is 211 g/mol. The summed E-state index contributed by atoms with van der Waals surface area (Å²) in [5, 5.41) is 2.66. The van der Waals surface area contributed by atoms with Gasteiger partial charge in [0, 0.05) is 23.1 Å². The van der Waals surface area contributed by atoms with Gasteiger partial charge >= 0.3 is 0 Å². The number of amides is 1. The van der Waals surface area contributed by atoms with Crippen molar-refractivity contribution in [1.82, 2.24) is 5.32 Å². The normalized spacial score (nSPS) is 17.4. The van der Waals surface area contributed by atoms with E-state index in [0.717, 1.165) is 12.8 Å². The molecule has 0 saturated heterocycles. The lowest BCUT2D eigenvalue weighted by molar-refractivity contribution is -0.120. The number of halogens is 1. The standard InChI is InChI=1S/C6H10ClNO3S/c7-12(10,11)4-3-6(9)8-5-1-2-5/h5H,1-4H2,(H,8,9). The number of hydrogen-bond acceptors (Lipinski definition) is 3. The third-order valence-corrected chi connectivity index (χ3v) is 2.67. The molecule has 4 nitrogen and oxygen atoms in total. The summed E-state index contributed by atoms with van der Waals surface area (Å²) >= 11 is 0. The molecule has 1 amide bonds. The van der Waals surface area contributed by atoms with Crippen molar-refractivity contribution in [2.45, 2.75) is 25.3 Å². The predicted octanol–water partition coefficient (Wildman–Crippen LogP) is 0.224. The van der Waals surface area contributed by atoms with Crippen molar-refractivity contribution >= 4 is 25.6 Å². The number of carbonyl (C=O) groups excluding carboxylic acids is 1. The van der Waals surface area contributed by atoms with Gasteiger partial charge < -0.3 is 5.32 Å². The maximum atomic E-state index is 10.9. The number of rotatable bonds is 4. The molecule has 0 bridgehead atoms. The molecule has 0 atom stereocenters. The summed E-state index contributed by atoms with van der Waals surface area (Å²) in [6.45, 7) is 0. The molecule has 0 aromatic rings. The molecule has 1 fully saturated rings. The smallest absolute Gasteiger partial charge is 0.233 e. The summed E-state index contributed by atoms with van der Waals surface area (Å²) in [7, 11) is 1.40. The van der Waals surface area contributed by atoms with E-state index in [2.05, 4.69) is 5.32 Å². The molecule has 1 saturated carbocycles. The fraction of sp³-hybridized carbons (Fsp3) is 0.833. The number of carbonyl (C=O) groups is 1. The van der Waals surface area contributed by atoms with E-state index < -0.39 is 9.05 Å². The second-order valence-corrected chi connectivity index (χ2v) is 5.73. The highest BCUT2D eigenvalue weighted by molar-refractivity contribution is 8.13. The van der Waals surface area contributed by atoms with Gasteiger partial charge in [-0.3, -0.25) is 4.79 Å². The molecule has 6 heteroatoms. The Kier molecular flexibility index (Phi) is 2.95. The van der Waals surface area contributed by atoms with Gasteiger partial charge in [-0.15, -0.1) is 0 Å². The molecular weight excluding hydrogens is 202 g/mol. The van der Waals surface area contributed by atoms with Crippen molar-refractivity contribution in [1.29, 1.82) is 0 Å². The maximum absolute atomic E-state index is 10.9. The molecule has 1 aliphatic rings. The molecule has 0 aliphatic heterocycles. The van der Waals surface area contributed by atoms with Crippen molar-refractivity contribution in [2.75, 3.05) is 5.75 Å². The van der Waals surface area contributed by atoms with Crippen LogP contribution in [0.25, 0.3) is 0 Å². The zero-order valence-electron chi connectivity index (χ0n) is 6.42. The molecular formula is C6H10ClNO3S. The summed E-state index contributed by atoms with van der Waals surface area (Å²) in [4.78, 5) is 10.9. The maximum Gasteiger partial charge on any atom is 0.233 e. The molecule has 12 heavy (non-hydrogen) atoms. The highest BCUT2D eigenvalue weighted by Crippen LogP contribution is 2.18. The van der Waals surface area contributed by atoms with Gasteiger partial charge in [0.2, 0.25) is 15.0 Å². The van der Waals surface area contributed by atoms with E-state index in [-0.39, 0.29) is 24.1 Å². The minimum absolute atomic E-state index is 0.0394. The SMILES string of the molecule is O=C(CCS(=O)(=O)Cl)NC1CC1. The molecule has 1 N–H and O–H groups in total. The van der Waals surface area contributed by atoms with Crippen LogP contribution in [0.15, 0.2) is 0 Å². The molecule has 70 valence electrons. The van der Waals surface area contributed by atoms with Crippen molar-refractivity contribution < 1.29 is 13.2 Å². The summed E-state index contributed by atoms with van der Waals surface area (Å²) < 4.78 is 20.8. The minimum atomic E-state index is -3.52. The topological polar surface area (TPSA) is 63.2 Å². The van der Waals surface area contributed by atoms with Crippen LogP contribution in [-0.2, 0) is 13.8 Å². The van der Waals surface area contributed by atoms with Crippen LogP contribution in [0.4, 0.5) is 0 Å². The van der Waals surface area contributed by atoms with Gasteiger partial charge in [0.1, 0.15) is 0 Å². The Morgan fingerprint density at radius 3 is 2.50 bits per heavy atom. The second kappa shape index (κ2) is 3.62. The number of nitrogens with one attached hydrogen (secondary N) is 1. The molecule has 0 heterocycles. The van der Waals surface area contributed by atoms with E-state index in [0.29, 0.717) is 0 Å². The third kappa shape index (κ3) is 4.56. The van der Waals surface area contributed by atoms with Crippen LogP contribution >= 0.6 is 10.7 Å². The third-order valence-electron chi connectivity index (χ3n) is 1.52. The minimum Gasteiger partial charge on any atom is -0.353 e. The van der Waals surface area contributed by atoms with Gasteiger partial charge in [-0.25, -0.2) is 8.42 Å². The quantitative estimate of drug-likeness (QED) is 0.677. The van der Waals surface area contributed by atoms with E-state index in [1.165, 1.54) is 0 Å². The average molecular weight is 212 g/mol. The van der Waals surface area contributed by atoms with Crippen molar-refractivity contribution in [3.05, 3.63) is 0 Å². The first-order valence-electron chi connectivity index (χ1n) is 3.69. The molecule has 0 radical (unpaired) electrons. The molecule has 1 rings (SSSR count). The van der Waals surface area contributed by atoms with Crippen molar-refractivity contribution in [2.24, 2.45) is 0 Å². The van der Waals surface area contributed by atoms with Crippen LogP contribution in [0.5, 0.6) is 0 Å². The van der Waals surface area contributed by atoms with E-state index >= 15 is 0 Å². The lowest BCUT2D eigenvalue weighted by Gasteiger charge is -2.00. The Labute approximate surface area is 75.7 Å². The van der Waals surface area contributed by atoms with E-state index in [1.807, 2.05) is 0 Å². The lowest BCUT2D eigenvalue weighted by Crippen LogP contribution is -2.26. The summed E-state index contributed by atoms with van der Waals surface area (Å²) in [5.41, 5.74) is 0. The molecule has 1 aliphatic carbocycles. The average Bonchev–Trinajstić information content (AvgIpc) is 2.66. The molecule has 0 aromatic heterocycles. The first kappa shape index (κ1) is 9.80. The Morgan fingerprint density at radius 2 is 2.08 bits per heavy atom. The van der Waals surface area contributed by atoms with Gasteiger partial charge in [0.25, 0.3) is 0 Å². The van der Waals surface area contributed by atoms with Crippen molar-refractivity contribution in [3.8, 4) is 0 Å². The summed E-state index contributed by atoms with van der Waals surface area (Å²) in [5.74, 6) is -0.519. The fourth-order valence-corrected chi connectivity index (χ4v) is 1.40. The Hall–Kier alpha value is -0.290. The second-order valence-electron chi connectivity index (χ2n) is 2.83. The van der Waals surface area contributed by atoms with Gasteiger partial charge in [0.15, 0.2) is 0 Å². The van der Waals surface area contributed by atoms with Crippen LogP contribution in [0, 0.1) is 0 Å². The lowest BCUT2D eigenvalue weighted by atomic mass is 10.4. The Balaban J connectivity index is 2.17. The zero-order chi connectivity index (χ0) is 9.19. The van der Waals surface area contributed by atoms with Gasteiger partial charge in [-0.1, -0.05) is 0 Å². The van der Waals surface area contributed by atoms with Gasteiger partial charge in [-0.2, -0.15) is 0 Å². The van der Waals surface area contributed by atoms with Gasteiger partial charge in [-0.05, 0) is 12.8 Å². The van der Waals surface area contributed by atoms with Crippen LogP contribution in [0.3, 0.4) is 0 Å². The first-order chi connectivity index (χ1) is 5.47. The molecule has 0 unspecified atom stereocenters. The number of hydrogen-bond donors (Lipinski definition) is 1. The van der Waals surface area contributed by atoms with Crippen LogP contribution in [0.2, 0.25) is 0 Å². The van der Waals surface area contributed by atoms with Crippen LogP contribution < -0.4 is 5.32 Å². The highest BCUT2D eigenvalue weighted by atomic mass is 35.7. The molecule has 0 aromatic carbocycles. The zero-order valence-corrected chi connectivity index (χ0v) is 7.99. The van der Waals surface area contributed by atoms with E-state index in [1.54, 1.807) is 0 Å².